The van der Waals surface area contributed by atoms with Crippen LogP contribution in [-0.2, 0) is 13.9 Å². The number of hydrogen-bond donors (Lipinski definition) is 1. The molecule has 0 radical (unpaired) electrons. The van der Waals surface area contributed by atoms with Gasteiger partial charge in [0.15, 0.2) is 0 Å². The summed E-state index contributed by atoms with van der Waals surface area (Å²) in [6.45, 7) is 0.632. The lowest BCUT2D eigenvalue weighted by Crippen LogP contribution is -2.16. The lowest BCUT2D eigenvalue weighted by Gasteiger charge is -2.10. The summed E-state index contributed by atoms with van der Waals surface area (Å²) >= 11 is 4.60. The number of carbonyl (C=O) groups is 1. The summed E-state index contributed by atoms with van der Waals surface area (Å²) in [4.78, 5) is 16.0. The van der Waals surface area contributed by atoms with Gasteiger partial charge in [0.1, 0.15) is 5.75 Å². The van der Waals surface area contributed by atoms with Crippen molar-refractivity contribution in [2.75, 3.05) is 13.7 Å². The van der Waals surface area contributed by atoms with Crippen molar-refractivity contribution in [3.63, 3.8) is 0 Å². The van der Waals surface area contributed by atoms with E-state index in [4.69, 9.17) is 19.0 Å². The Morgan fingerprint density at radius 3 is 2.92 bits per heavy atom. The molecule has 2 rings (SSSR count). The van der Waals surface area contributed by atoms with Gasteiger partial charge in [-0.3, -0.25) is 4.79 Å². The average Bonchev–Trinajstić information content (AvgIpc) is 2.98. The molecule has 1 aliphatic heterocycles. The number of aliphatic carboxylic acids is 1. The van der Waals surface area contributed by atoms with E-state index in [-0.39, 0.29) is 6.42 Å². The van der Waals surface area contributed by atoms with Crippen molar-refractivity contribution in [1.82, 2.24) is 5.23 Å². The Morgan fingerprint density at radius 1 is 1.38 bits per heavy atom. The number of carboxylic acid groups (broad SMARTS) is 1. The number of methoxy groups -OCH3 is 1. The highest BCUT2D eigenvalue weighted by molar-refractivity contribution is 9.10. The number of nitrogens with zero attached hydrogens (tertiary/aromatic N) is 1. The number of carboxylic acids is 1. The molecular weight excluding hydrogens is 398 g/mol. The van der Waals surface area contributed by atoms with Crippen molar-refractivity contribution in [2.45, 2.75) is 32.1 Å². The molecule has 0 bridgehead atoms. The van der Waals surface area contributed by atoms with E-state index >= 15 is 0 Å². The fourth-order valence-electron chi connectivity index (χ4n) is 2.16. The number of rotatable bonds is 9. The Balaban J connectivity index is 1.76. The molecule has 0 saturated carbocycles. The highest BCUT2D eigenvalue weighted by atomic mass is 79.9. The maximum Gasteiger partial charge on any atom is 0.303 e. The van der Waals surface area contributed by atoms with Crippen LogP contribution < -0.4 is 4.74 Å². The van der Waals surface area contributed by atoms with Gasteiger partial charge < -0.3 is 14.7 Å². The van der Waals surface area contributed by atoms with Gasteiger partial charge in [0.25, 0.3) is 0 Å². The predicted octanol–water partition coefficient (Wildman–Crippen LogP) is 4.62. The topological polar surface area (TPSA) is 68.2 Å². The quantitative estimate of drug-likeness (QED) is 0.464. The Bertz CT molecular complexity index is 596. The molecule has 0 spiro atoms. The van der Waals surface area contributed by atoms with Crippen molar-refractivity contribution in [1.29, 1.82) is 0 Å². The van der Waals surface area contributed by atoms with Gasteiger partial charge in [-0.15, -0.1) is 0 Å². The van der Waals surface area contributed by atoms with Crippen LogP contribution in [0.4, 0.5) is 0 Å². The van der Waals surface area contributed by atoms with E-state index in [1.54, 1.807) is 7.11 Å². The minimum Gasteiger partial charge on any atom is -0.496 e. The lowest BCUT2D eigenvalue weighted by molar-refractivity contribution is -0.259. The fourth-order valence-corrected chi connectivity index (χ4v) is 3.09. The minimum absolute atomic E-state index is 0.230. The molecule has 1 N–H and O–H groups in total. The Labute approximate surface area is 154 Å². The summed E-state index contributed by atoms with van der Waals surface area (Å²) < 4.78 is 11.7. The summed E-state index contributed by atoms with van der Waals surface area (Å²) in [6.07, 6.45) is 5.52. The van der Waals surface area contributed by atoms with E-state index < -0.39 is 5.97 Å². The first kappa shape index (κ1) is 19.1. The number of hydrogen-bond acceptors (Lipinski definition) is 6. The summed E-state index contributed by atoms with van der Waals surface area (Å²) in [6, 6.07) is 5.74. The number of unbranched alkanes of at least 4 members (excludes halogenated alkanes) is 3. The van der Waals surface area contributed by atoms with Crippen molar-refractivity contribution < 1.29 is 23.8 Å². The first-order valence-electron chi connectivity index (χ1n) is 7.65. The highest BCUT2D eigenvalue weighted by Gasteiger charge is 2.21. The Kier molecular flexibility index (Phi) is 7.90. The van der Waals surface area contributed by atoms with Gasteiger partial charge in [-0.2, -0.15) is 4.28 Å². The molecule has 1 aromatic carbocycles. The summed E-state index contributed by atoms with van der Waals surface area (Å²) in [5, 5.41) is 10.7. The van der Waals surface area contributed by atoms with Crippen LogP contribution in [-0.4, -0.2) is 30.0 Å². The maximum atomic E-state index is 10.4. The van der Waals surface area contributed by atoms with Crippen molar-refractivity contribution in [3.8, 4) is 5.75 Å². The maximum absolute atomic E-state index is 10.4. The van der Waals surface area contributed by atoms with Crippen LogP contribution in [0.15, 0.2) is 27.8 Å². The van der Waals surface area contributed by atoms with Crippen molar-refractivity contribution in [3.05, 3.63) is 33.3 Å². The molecule has 6 nitrogen and oxygen atoms in total. The van der Waals surface area contributed by atoms with Gasteiger partial charge in [-0.25, -0.2) is 0 Å². The third-order valence-electron chi connectivity index (χ3n) is 3.34. The second-order valence-electron chi connectivity index (χ2n) is 5.21. The summed E-state index contributed by atoms with van der Waals surface area (Å²) in [7, 11) is 1.63. The molecule has 0 atom stereocenters. The molecular formula is C16H20BrNO5S. The number of ether oxygens (including phenoxy) is 1. The van der Waals surface area contributed by atoms with Crippen LogP contribution in [0.1, 0.15) is 37.7 Å². The van der Waals surface area contributed by atoms with Gasteiger partial charge in [-0.05, 0) is 36.3 Å². The molecule has 0 unspecified atom stereocenters. The van der Waals surface area contributed by atoms with Gasteiger partial charge in [0.05, 0.1) is 25.7 Å². The molecule has 1 saturated heterocycles. The lowest BCUT2D eigenvalue weighted by atomic mass is 10.1. The van der Waals surface area contributed by atoms with Crippen LogP contribution in [0.25, 0.3) is 6.08 Å². The van der Waals surface area contributed by atoms with Gasteiger partial charge >= 0.3 is 5.97 Å². The number of benzene rings is 1. The first-order chi connectivity index (χ1) is 11.6. The van der Waals surface area contributed by atoms with Crippen molar-refractivity contribution in [2.24, 2.45) is 0 Å². The van der Waals surface area contributed by atoms with E-state index in [0.717, 1.165) is 47.1 Å². The molecule has 1 fully saturated rings. The monoisotopic (exact) mass is 417 g/mol. The zero-order chi connectivity index (χ0) is 17.4. The SMILES string of the molecule is COc1ccc(Br)cc1/C=C1/ON(CCCCCCC(=O)O)OS1. The zero-order valence-corrected chi connectivity index (χ0v) is 15.8. The third kappa shape index (κ3) is 6.35. The normalized spacial score (nSPS) is 16.3. The Morgan fingerprint density at radius 2 is 2.17 bits per heavy atom. The number of halogens is 1. The summed E-state index contributed by atoms with van der Waals surface area (Å²) in [5.41, 5.74) is 0.897. The van der Waals surface area contributed by atoms with E-state index in [2.05, 4.69) is 15.9 Å². The molecule has 0 aliphatic carbocycles. The largest absolute Gasteiger partial charge is 0.496 e. The van der Waals surface area contributed by atoms with Crippen molar-refractivity contribution >= 4 is 40.0 Å². The van der Waals surface area contributed by atoms with Gasteiger partial charge in [0, 0.05) is 22.5 Å². The van der Waals surface area contributed by atoms with Crippen LogP contribution in [0.2, 0.25) is 0 Å². The minimum atomic E-state index is -0.740. The first-order valence-corrected chi connectivity index (χ1v) is 9.19. The predicted molar refractivity (Wildman–Crippen MR) is 95.9 cm³/mol. The molecule has 0 aromatic heterocycles. The van der Waals surface area contributed by atoms with Crippen LogP contribution in [0, 0.1) is 0 Å². The molecule has 24 heavy (non-hydrogen) atoms. The summed E-state index contributed by atoms with van der Waals surface area (Å²) in [5.74, 6) is 0.0159. The third-order valence-corrected chi connectivity index (χ3v) is 4.43. The molecule has 1 aliphatic rings. The molecule has 132 valence electrons. The van der Waals surface area contributed by atoms with Crippen LogP contribution in [0.5, 0.6) is 5.75 Å². The smallest absolute Gasteiger partial charge is 0.303 e. The van der Waals surface area contributed by atoms with Gasteiger partial charge in [-0.1, -0.05) is 28.8 Å². The Hall–Kier alpha value is -1.22. The van der Waals surface area contributed by atoms with Gasteiger partial charge in [0.2, 0.25) is 5.09 Å². The van der Waals surface area contributed by atoms with E-state index in [9.17, 15) is 4.79 Å². The second-order valence-corrected chi connectivity index (χ2v) is 6.85. The van der Waals surface area contributed by atoms with E-state index in [0.29, 0.717) is 18.1 Å². The molecule has 0 amide bonds. The second kappa shape index (κ2) is 9.93. The standard InChI is InChI=1S/C16H20BrNO5S/c1-21-14-8-7-13(17)10-12(14)11-16-22-18(23-24-16)9-5-3-2-4-6-15(19)20/h7-8,10-11H,2-6,9H2,1H3,(H,19,20)/b16-11-. The van der Waals surface area contributed by atoms with E-state index in [1.165, 1.54) is 5.23 Å². The molecule has 1 aromatic rings. The molecule has 8 heteroatoms. The average molecular weight is 418 g/mol. The highest BCUT2D eigenvalue weighted by Crippen LogP contribution is 2.34. The van der Waals surface area contributed by atoms with Crippen LogP contribution in [0.3, 0.4) is 0 Å². The molecule has 1 heterocycles. The van der Waals surface area contributed by atoms with Crippen LogP contribution >= 0.6 is 28.0 Å². The number of hydroxylamine groups is 2. The zero-order valence-electron chi connectivity index (χ0n) is 13.4. The fraction of sp³-hybridized carbons (Fsp3) is 0.438. The van der Waals surface area contributed by atoms with E-state index in [1.807, 2.05) is 24.3 Å².